The molecule has 30 heavy (non-hydrogen) atoms. The van der Waals surface area contributed by atoms with Crippen molar-refractivity contribution in [3.05, 3.63) is 83.1 Å². The van der Waals surface area contributed by atoms with E-state index in [9.17, 15) is 22.4 Å². The minimum Gasteiger partial charge on any atom is -0.497 e. The number of benzene rings is 2. The third kappa shape index (κ3) is 3.40. The molecule has 0 fully saturated rings. The van der Waals surface area contributed by atoms with E-state index in [1.165, 1.54) is 17.9 Å². The number of carbonyl (C=O) groups is 1. The summed E-state index contributed by atoms with van der Waals surface area (Å²) in [4.78, 5) is 17.1. The van der Waals surface area contributed by atoms with Crippen LogP contribution in [0, 0.1) is 5.82 Å². The zero-order chi connectivity index (χ0) is 21.5. The van der Waals surface area contributed by atoms with Crippen molar-refractivity contribution in [2.45, 2.75) is 12.2 Å². The number of hydrogen-bond donors (Lipinski definition) is 1. The molecule has 0 saturated carbocycles. The smallest absolute Gasteiger partial charge is 0.431 e. The summed E-state index contributed by atoms with van der Waals surface area (Å²) in [5.74, 6) is -1.29. The average molecular weight is 418 g/mol. The van der Waals surface area contributed by atoms with Gasteiger partial charge in [0.25, 0.3) is 0 Å². The van der Waals surface area contributed by atoms with E-state index in [4.69, 9.17) is 4.74 Å². The molecule has 2 aromatic carbocycles. The molecule has 4 rings (SSSR count). The van der Waals surface area contributed by atoms with Crippen molar-refractivity contribution in [1.82, 2.24) is 14.8 Å². The Morgan fingerprint density at radius 2 is 1.90 bits per heavy atom. The SMILES string of the molecule is COc1cccc(C2C(C(=O)c3ccc(F)cc3)=C(C(F)(F)F)Nc3ncnn32)c1. The lowest BCUT2D eigenvalue weighted by atomic mass is 9.89. The Labute approximate surface area is 167 Å². The lowest BCUT2D eigenvalue weighted by Gasteiger charge is -2.30. The highest BCUT2D eigenvalue weighted by molar-refractivity contribution is 6.10. The minimum absolute atomic E-state index is 0.0913. The van der Waals surface area contributed by atoms with Crippen LogP contribution in [0.15, 0.2) is 66.1 Å². The summed E-state index contributed by atoms with van der Waals surface area (Å²) in [5.41, 5.74) is -1.58. The highest BCUT2D eigenvalue weighted by atomic mass is 19.4. The van der Waals surface area contributed by atoms with Crippen LogP contribution in [0.5, 0.6) is 5.75 Å². The summed E-state index contributed by atoms with van der Waals surface area (Å²) in [6, 6.07) is 9.38. The molecule has 0 spiro atoms. The zero-order valence-corrected chi connectivity index (χ0v) is 15.4. The van der Waals surface area contributed by atoms with Crippen LogP contribution in [0.2, 0.25) is 0 Å². The van der Waals surface area contributed by atoms with Crippen molar-refractivity contribution in [2.75, 3.05) is 12.4 Å². The van der Waals surface area contributed by atoms with Crippen LogP contribution in [0.3, 0.4) is 0 Å². The number of ketones is 1. The van der Waals surface area contributed by atoms with Gasteiger partial charge in [-0.15, -0.1) is 0 Å². The van der Waals surface area contributed by atoms with Crippen LogP contribution in [0.4, 0.5) is 23.5 Å². The number of nitrogens with zero attached hydrogens (tertiary/aromatic N) is 3. The third-order valence-electron chi connectivity index (χ3n) is 4.64. The molecule has 6 nitrogen and oxygen atoms in total. The second kappa shape index (κ2) is 7.29. The van der Waals surface area contributed by atoms with Crippen LogP contribution in [0.25, 0.3) is 0 Å². The molecule has 0 bridgehead atoms. The number of methoxy groups -OCH3 is 1. The maximum Gasteiger partial charge on any atom is 0.431 e. The monoisotopic (exact) mass is 418 g/mol. The predicted octanol–water partition coefficient (Wildman–Crippen LogP) is 4.14. The summed E-state index contributed by atoms with van der Waals surface area (Å²) >= 11 is 0. The molecule has 1 N–H and O–H groups in total. The molecule has 0 saturated heterocycles. The van der Waals surface area contributed by atoms with Gasteiger partial charge >= 0.3 is 6.18 Å². The van der Waals surface area contributed by atoms with E-state index in [0.717, 1.165) is 30.6 Å². The first-order valence-corrected chi connectivity index (χ1v) is 8.71. The standard InChI is InChI=1S/C20H14F4N4O2/c1-30-14-4-2-3-12(9-14)16-15(17(29)11-5-7-13(21)8-6-11)18(20(22,23)24)27-19-25-10-26-28(16)19/h2-10,16H,1H3,(H,25,26,27). The van der Waals surface area contributed by atoms with Crippen molar-refractivity contribution in [2.24, 2.45) is 0 Å². The van der Waals surface area contributed by atoms with Crippen LogP contribution >= 0.6 is 0 Å². The normalized spacial score (nSPS) is 16.1. The Balaban J connectivity index is 1.96. The summed E-state index contributed by atoms with van der Waals surface area (Å²) in [6.07, 6.45) is -3.78. The van der Waals surface area contributed by atoms with E-state index in [0.29, 0.717) is 11.3 Å². The molecule has 0 amide bonds. The highest BCUT2D eigenvalue weighted by Crippen LogP contribution is 2.42. The van der Waals surface area contributed by atoms with Gasteiger partial charge in [0, 0.05) is 5.56 Å². The number of nitrogens with one attached hydrogen (secondary N) is 1. The lowest BCUT2D eigenvalue weighted by Crippen LogP contribution is -2.35. The van der Waals surface area contributed by atoms with Crippen molar-refractivity contribution < 1.29 is 27.1 Å². The number of rotatable bonds is 4. The number of anilines is 1. The number of carbonyl (C=O) groups excluding carboxylic acids is 1. The first-order chi connectivity index (χ1) is 14.3. The van der Waals surface area contributed by atoms with Crippen molar-refractivity contribution in [3.8, 4) is 5.75 Å². The first-order valence-electron chi connectivity index (χ1n) is 8.71. The Hall–Kier alpha value is -3.69. The molecule has 1 atom stereocenters. The van der Waals surface area contributed by atoms with Crippen LogP contribution in [0.1, 0.15) is 22.0 Å². The first kappa shape index (κ1) is 19.6. The quantitative estimate of drug-likeness (QED) is 0.510. The van der Waals surface area contributed by atoms with Gasteiger partial charge in [-0.3, -0.25) is 4.79 Å². The summed E-state index contributed by atoms with van der Waals surface area (Å²) in [5, 5.41) is 6.19. The number of ether oxygens (including phenoxy) is 1. The highest BCUT2D eigenvalue weighted by Gasteiger charge is 2.46. The fourth-order valence-electron chi connectivity index (χ4n) is 3.30. The van der Waals surface area contributed by atoms with Crippen molar-refractivity contribution in [3.63, 3.8) is 0 Å². The maximum atomic E-state index is 14.0. The van der Waals surface area contributed by atoms with Gasteiger partial charge in [-0.05, 0) is 42.0 Å². The molecular formula is C20H14F4N4O2. The Kier molecular flexibility index (Phi) is 4.76. The molecule has 10 heteroatoms. The van der Waals surface area contributed by atoms with E-state index in [1.807, 2.05) is 0 Å². The fraction of sp³-hybridized carbons (Fsp3) is 0.150. The number of halogens is 4. The topological polar surface area (TPSA) is 69.0 Å². The van der Waals surface area contributed by atoms with Crippen molar-refractivity contribution >= 4 is 11.7 Å². The number of fused-ring (bicyclic) bond motifs is 1. The summed E-state index contributed by atoms with van der Waals surface area (Å²) in [6.45, 7) is 0. The van der Waals surface area contributed by atoms with E-state index in [1.54, 1.807) is 18.2 Å². The molecule has 1 unspecified atom stereocenters. The molecule has 3 aromatic rings. The molecule has 1 aromatic heterocycles. The maximum absolute atomic E-state index is 14.0. The van der Waals surface area contributed by atoms with Crippen LogP contribution in [-0.4, -0.2) is 33.8 Å². The van der Waals surface area contributed by atoms with Gasteiger partial charge in [0.2, 0.25) is 5.95 Å². The van der Waals surface area contributed by atoms with Crippen LogP contribution < -0.4 is 10.1 Å². The fourth-order valence-corrected chi connectivity index (χ4v) is 3.30. The zero-order valence-electron chi connectivity index (χ0n) is 15.4. The van der Waals surface area contributed by atoms with E-state index >= 15 is 0 Å². The van der Waals surface area contributed by atoms with Crippen molar-refractivity contribution in [1.29, 1.82) is 0 Å². The lowest BCUT2D eigenvalue weighted by molar-refractivity contribution is -0.0918. The molecule has 1 aliphatic rings. The van der Waals surface area contributed by atoms with Gasteiger partial charge in [0.15, 0.2) is 5.78 Å². The number of Topliss-reactive ketones (excluding diaryl/α,β-unsaturated/α-hetero) is 1. The second-order valence-corrected chi connectivity index (χ2v) is 6.45. The summed E-state index contributed by atoms with van der Waals surface area (Å²) < 4.78 is 61.5. The van der Waals surface area contributed by atoms with Gasteiger partial charge in [-0.25, -0.2) is 9.07 Å². The largest absolute Gasteiger partial charge is 0.497 e. The Bertz CT molecular complexity index is 1140. The average Bonchev–Trinajstić information content (AvgIpc) is 3.20. The van der Waals surface area contributed by atoms with Gasteiger partial charge in [0.05, 0.1) is 12.7 Å². The number of allylic oxidation sites excluding steroid dienone is 2. The number of aromatic nitrogens is 3. The molecule has 2 heterocycles. The number of alkyl halides is 3. The van der Waals surface area contributed by atoms with E-state index < -0.39 is 35.1 Å². The molecular weight excluding hydrogens is 404 g/mol. The van der Waals surface area contributed by atoms with Gasteiger partial charge in [-0.1, -0.05) is 12.1 Å². The third-order valence-corrected chi connectivity index (χ3v) is 4.64. The summed E-state index contributed by atoms with van der Waals surface area (Å²) in [7, 11) is 1.42. The molecule has 0 aliphatic carbocycles. The second-order valence-electron chi connectivity index (χ2n) is 6.45. The Morgan fingerprint density at radius 1 is 1.17 bits per heavy atom. The van der Waals surface area contributed by atoms with Gasteiger partial charge in [-0.2, -0.15) is 23.3 Å². The van der Waals surface area contributed by atoms with Crippen LogP contribution in [-0.2, 0) is 0 Å². The molecule has 0 radical (unpaired) electrons. The molecule has 1 aliphatic heterocycles. The van der Waals surface area contributed by atoms with Gasteiger partial charge < -0.3 is 10.1 Å². The van der Waals surface area contributed by atoms with E-state index in [-0.39, 0.29) is 11.5 Å². The Morgan fingerprint density at radius 3 is 2.57 bits per heavy atom. The number of hydrogen-bond acceptors (Lipinski definition) is 5. The molecule has 154 valence electrons. The van der Waals surface area contributed by atoms with Gasteiger partial charge in [0.1, 0.15) is 29.6 Å². The van der Waals surface area contributed by atoms with E-state index in [2.05, 4.69) is 15.4 Å². The predicted molar refractivity (Wildman–Crippen MR) is 98.6 cm³/mol. The minimum atomic E-state index is -4.88.